The molecule has 0 amide bonds. The summed E-state index contributed by atoms with van der Waals surface area (Å²) in [6.07, 6.45) is 1.71. The Balaban J connectivity index is 2.55. The van der Waals surface area contributed by atoms with E-state index in [1.54, 1.807) is 17.9 Å². The molecule has 16 heavy (non-hydrogen) atoms. The summed E-state index contributed by atoms with van der Waals surface area (Å²) < 4.78 is 1.63. The van der Waals surface area contributed by atoms with Gasteiger partial charge in [0.05, 0.1) is 23.0 Å². The van der Waals surface area contributed by atoms with Crippen molar-refractivity contribution in [2.75, 3.05) is 19.6 Å². The van der Waals surface area contributed by atoms with Gasteiger partial charge in [0.2, 0.25) is 0 Å². The molecular weight excluding hydrogens is 226 g/mol. The van der Waals surface area contributed by atoms with Gasteiger partial charge in [0, 0.05) is 13.6 Å². The van der Waals surface area contributed by atoms with E-state index in [0.717, 1.165) is 19.6 Å². The highest BCUT2D eigenvalue weighted by Crippen LogP contribution is 2.24. The molecule has 1 N–H and O–H groups in total. The second-order valence-corrected chi connectivity index (χ2v) is 4.24. The summed E-state index contributed by atoms with van der Waals surface area (Å²) in [4.78, 5) is 2.27. The van der Waals surface area contributed by atoms with Crippen LogP contribution in [0.15, 0.2) is 6.20 Å². The summed E-state index contributed by atoms with van der Waals surface area (Å²) >= 11 is 5.97. The van der Waals surface area contributed by atoms with E-state index in [4.69, 9.17) is 11.6 Å². The Morgan fingerprint density at radius 1 is 1.50 bits per heavy atom. The van der Waals surface area contributed by atoms with E-state index >= 15 is 0 Å². The Kier molecular flexibility index (Phi) is 5.25. The highest BCUT2D eigenvalue weighted by molar-refractivity contribution is 6.31. The van der Waals surface area contributed by atoms with E-state index < -0.39 is 6.10 Å². The molecular formula is C11H20ClN3O. The molecule has 0 aromatic carbocycles. The van der Waals surface area contributed by atoms with Crippen molar-refractivity contribution in [2.24, 2.45) is 7.05 Å². The molecule has 1 aromatic rings. The van der Waals surface area contributed by atoms with Crippen molar-refractivity contribution in [3.05, 3.63) is 16.9 Å². The number of aliphatic hydroxyl groups is 1. The SMILES string of the molecule is CCN(CC)CCC(O)c1c(Cl)cnn1C. The molecule has 1 heterocycles. The quantitative estimate of drug-likeness (QED) is 0.832. The van der Waals surface area contributed by atoms with E-state index in [1.165, 1.54) is 0 Å². The third kappa shape index (κ3) is 3.20. The zero-order chi connectivity index (χ0) is 12.1. The number of halogens is 1. The number of aliphatic hydroxyl groups excluding tert-OH is 1. The molecule has 0 fully saturated rings. The van der Waals surface area contributed by atoms with E-state index in [1.807, 2.05) is 0 Å². The molecule has 1 rings (SSSR count). The zero-order valence-electron chi connectivity index (χ0n) is 10.1. The molecule has 1 atom stereocenters. The average molecular weight is 246 g/mol. The van der Waals surface area contributed by atoms with Crippen molar-refractivity contribution < 1.29 is 5.11 Å². The number of aryl methyl sites for hydroxylation is 1. The van der Waals surface area contributed by atoms with Crippen molar-refractivity contribution in [1.29, 1.82) is 0 Å². The second kappa shape index (κ2) is 6.23. The first-order valence-electron chi connectivity index (χ1n) is 5.67. The fraction of sp³-hybridized carbons (Fsp3) is 0.727. The van der Waals surface area contributed by atoms with Crippen LogP contribution in [0.3, 0.4) is 0 Å². The van der Waals surface area contributed by atoms with Crippen molar-refractivity contribution in [3.63, 3.8) is 0 Å². The Morgan fingerprint density at radius 2 is 2.12 bits per heavy atom. The molecule has 5 heteroatoms. The van der Waals surface area contributed by atoms with Crippen LogP contribution in [0.1, 0.15) is 32.1 Å². The van der Waals surface area contributed by atoms with Crippen LogP contribution in [-0.4, -0.2) is 39.4 Å². The third-order valence-electron chi connectivity index (χ3n) is 2.87. The Morgan fingerprint density at radius 3 is 2.56 bits per heavy atom. The number of rotatable bonds is 6. The number of aromatic nitrogens is 2. The van der Waals surface area contributed by atoms with Crippen LogP contribution >= 0.6 is 11.6 Å². The summed E-state index contributed by atoms with van der Waals surface area (Å²) in [6, 6.07) is 0. The minimum atomic E-state index is -0.541. The average Bonchev–Trinajstić information content (AvgIpc) is 2.60. The number of hydrogen-bond donors (Lipinski definition) is 1. The van der Waals surface area contributed by atoms with Crippen LogP contribution < -0.4 is 0 Å². The predicted octanol–water partition coefficient (Wildman–Crippen LogP) is 1.84. The molecule has 0 spiro atoms. The van der Waals surface area contributed by atoms with Gasteiger partial charge in [0.1, 0.15) is 0 Å². The zero-order valence-corrected chi connectivity index (χ0v) is 10.9. The van der Waals surface area contributed by atoms with Crippen LogP contribution in [0.25, 0.3) is 0 Å². The number of nitrogens with zero attached hydrogens (tertiary/aromatic N) is 3. The second-order valence-electron chi connectivity index (χ2n) is 3.83. The molecule has 0 saturated carbocycles. The molecule has 0 aliphatic carbocycles. The maximum absolute atomic E-state index is 10.0. The normalized spacial score (nSPS) is 13.4. The summed E-state index contributed by atoms with van der Waals surface area (Å²) in [6.45, 7) is 7.11. The van der Waals surface area contributed by atoms with Crippen molar-refractivity contribution in [2.45, 2.75) is 26.4 Å². The molecule has 0 saturated heterocycles. The standard InChI is InChI=1S/C11H20ClN3O/c1-4-15(5-2)7-6-10(16)11-9(12)8-13-14(11)3/h8,10,16H,4-7H2,1-3H3. The first-order chi connectivity index (χ1) is 7.60. The smallest absolute Gasteiger partial charge is 0.0983 e. The fourth-order valence-electron chi connectivity index (χ4n) is 1.78. The predicted molar refractivity (Wildman–Crippen MR) is 65.6 cm³/mol. The molecule has 0 radical (unpaired) electrons. The topological polar surface area (TPSA) is 41.3 Å². The van der Waals surface area contributed by atoms with Gasteiger partial charge < -0.3 is 10.0 Å². The minimum absolute atomic E-state index is 0.537. The molecule has 4 nitrogen and oxygen atoms in total. The molecule has 1 unspecified atom stereocenters. The Hall–Kier alpha value is -0.580. The van der Waals surface area contributed by atoms with E-state index in [-0.39, 0.29) is 0 Å². The van der Waals surface area contributed by atoms with Gasteiger partial charge in [-0.25, -0.2) is 0 Å². The van der Waals surface area contributed by atoms with Crippen LogP contribution in [0.5, 0.6) is 0 Å². The Bertz CT molecular complexity index is 304. The van der Waals surface area contributed by atoms with E-state index in [2.05, 4.69) is 23.8 Å². The maximum Gasteiger partial charge on any atom is 0.0983 e. The lowest BCUT2D eigenvalue weighted by atomic mass is 10.2. The van der Waals surface area contributed by atoms with Crippen LogP contribution in [0.2, 0.25) is 5.02 Å². The molecule has 0 aliphatic rings. The fourth-order valence-corrected chi connectivity index (χ4v) is 2.07. The van der Waals surface area contributed by atoms with E-state index in [9.17, 15) is 5.11 Å². The van der Waals surface area contributed by atoms with Crippen LogP contribution in [0, 0.1) is 0 Å². The van der Waals surface area contributed by atoms with Crippen molar-refractivity contribution >= 4 is 11.6 Å². The summed E-state index contributed by atoms with van der Waals surface area (Å²) in [5.41, 5.74) is 0.703. The number of hydrogen-bond acceptors (Lipinski definition) is 3. The van der Waals surface area contributed by atoms with Gasteiger partial charge in [-0.1, -0.05) is 25.4 Å². The van der Waals surface area contributed by atoms with Crippen molar-refractivity contribution in [1.82, 2.24) is 14.7 Å². The molecule has 1 aromatic heterocycles. The highest BCUT2D eigenvalue weighted by atomic mass is 35.5. The highest BCUT2D eigenvalue weighted by Gasteiger charge is 2.16. The van der Waals surface area contributed by atoms with Gasteiger partial charge in [-0.3, -0.25) is 4.68 Å². The van der Waals surface area contributed by atoms with Gasteiger partial charge in [0.15, 0.2) is 0 Å². The van der Waals surface area contributed by atoms with Gasteiger partial charge in [-0.2, -0.15) is 5.10 Å². The van der Waals surface area contributed by atoms with Crippen LogP contribution in [0.4, 0.5) is 0 Å². The first kappa shape index (κ1) is 13.5. The van der Waals surface area contributed by atoms with E-state index in [0.29, 0.717) is 17.1 Å². The Labute approximate surface area is 102 Å². The third-order valence-corrected chi connectivity index (χ3v) is 3.16. The molecule has 0 aliphatic heterocycles. The van der Waals surface area contributed by atoms with Crippen LogP contribution in [-0.2, 0) is 7.05 Å². The lowest BCUT2D eigenvalue weighted by molar-refractivity contribution is 0.137. The van der Waals surface area contributed by atoms with Gasteiger partial charge in [-0.15, -0.1) is 0 Å². The monoisotopic (exact) mass is 245 g/mol. The largest absolute Gasteiger partial charge is 0.387 e. The van der Waals surface area contributed by atoms with Gasteiger partial charge in [0.25, 0.3) is 0 Å². The minimum Gasteiger partial charge on any atom is -0.387 e. The summed E-state index contributed by atoms with van der Waals surface area (Å²) in [5, 5.41) is 14.6. The molecule has 0 bridgehead atoms. The first-order valence-corrected chi connectivity index (χ1v) is 6.05. The van der Waals surface area contributed by atoms with Gasteiger partial charge in [-0.05, 0) is 19.5 Å². The maximum atomic E-state index is 10.0. The summed E-state index contributed by atoms with van der Waals surface area (Å²) in [7, 11) is 1.79. The summed E-state index contributed by atoms with van der Waals surface area (Å²) in [5.74, 6) is 0. The lowest BCUT2D eigenvalue weighted by Crippen LogP contribution is -2.25. The lowest BCUT2D eigenvalue weighted by Gasteiger charge is -2.20. The molecule has 92 valence electrons. The van der Waals surface area contributed by atoms with Crippen molar-refractivity contribution in [3.8, 4) is 0 Å². The van der Waals surface area contributed by atoms with Gasteiger partial charge >= 0.3 is 0 Å².